The fourth-order valence-corrected chi connectivity index (χ4v) is 1.67. The lowest BCUT2D eigenvalue weighted by Crippen LogP contribution is -2.07. The molecule has 3 rings (SSSR count). The fourth-order valence-electron chi connectivity index (χ4n) is 1.67. The lowest BCUT2D eigenvalue weighted by molar-refractivity contribution is -0.384. The van der Waals surface area contributed by atoms with Crippen LogP contribution >= 0.6 is 0 Å². The van der Waals surface area contributed by atoms with Gasteiger partial charge in [-0.25, -0.2) is 4.98 Å². The summed E-state index contributed by atoms with van der Waals surface area (Å²) in [5, 5.41) is 18.2. The molecule has 0 saturated carbocycles. The quantitative estimate of drug-likeness (QED) is 0.525. The van der Waals surface area contributed by atoms with E-state index in [1.807, 2.05) is 0 Å². The zero-order valence-electron chi connectivity index (χ0n) is 9.35. The van der Waals surface area contributed by atoms with Crippen molar-refractivity contribution in [2.24, 2.45) is 0 Å². The summed E-state index contributed by atoms with van der Waals surface area (Å²) in [6.45, 7) is 0. The lowest BCUT2D eigenvalue weighted by Gasteiger charge is -2.00. The van der Waals surface area contributed by atoms with Crippen molar-refractivity contribution in [2.75, 3.05) is 0 Å². The molecule has 9 heteroatoms. The number of hydrogen-bond acceptors (Lipinski definition) is 6. The first-order valence-corrected chi connectivity index (χ1v) is 5.21. The Kier molecular flexibility index (Phi) is 2.31. The molecule has 0 aliphatic heterocycles. The number of H-pyrrole nitrogens is 1. The van der Waals surface area contributed by atoms with E-state index in [1.54, 1.807) is 6.07 Å². The largest absolute Gasteiger partial charge is 0.311 e. The normalized spacial score (nSPS) is 10.7. The highest BCUT2D eigenvalue weighted by Crippen LogP contribution is 2.17. The maximum atomic E-state index is 11.5. The summed E-state index contributed by atoms with van der Waals surface area (Å²) in [6.07, 6.45) is 1.22. The highest BCUT2D eigenvalue weighted by molar-refractivity contribution is 5.70. The molecule has 1 aromatic carbocycles. The van der Waals surface area contributed by atoms with Crippen LogP contribution in [0.1, 0.15) is 0 Å². The van der Waals surface area contributed by atoms with Gasteiger partial charge in [0.15, 0.2) is 11.2 Å². The number of aromatic nitrogens is 5. The first kappa shape index (κ1) is 11.0. The number of aromatic amines is 1. The molecule has 2 heterocycles. The number of hydrogen-bond donors (Lipinski definition) is 1. The van der Waals surface area contributed by atoms with Gasteiger partial charge in [0.25, 0.3) is 11.2 Å². The lowest BCUT2D eigenvalue weighted by atomic mass is 10.3. The molecule has 0 spiro atoms. The van der Waals surface area contributed by atoms with Gasteiger partial charge in [0.1, 0.15) is 0 Å². The third-order valence-electron chi connectivity index (χ3n) is 2.53. The minimum absolute atomic E-state index is 0.0778. The molecule has 0 aliphatic carbocycles. The highest BCUT2D eigenvalue weighted by atomic mass is 16.6. The predicted molar refractivity (Wildman–Crippen MR) is 63.9 cm³/mol. The van der Waals surface area contributed by atoms with E-state index in [2.05, 4.69) is 20.3 Å². The Bertz CT molecular complexity index is 836. The van der Waals surface area contributed by atoms with E-state index in [0.29, 0.717) is 5.69 Å². The van der Waals surface area contributed by atoms with Crippen molar-refractivity contribution in [3.8, 4) is 5.69 Å². The Morgan fingerprint density at radius 3 is 3.00 bits per heavy atom. The molecule has 2 aromatic heterocycles. The van der Waals surface area contributed by atoms with Crippen LogP contribution in [-0.2, 0) is 0 Å². The van der Waals surface area contributed by atoms with Crippen molar-refractivity contribution >= 4 is 16.9 Å². The van der Waals surface area contributed by atoms with Gasteiger partial charge < -0.3 is 4.98 Å². The summed E-state index contributed by atoms with van der Waals surface area (Å²) in [4.78, 5) is 28.0. The van der Waals surface area contributed by atoms with Crippen LogP contribution in [0.3, 0.4) is 0 Å². The van der Waals surface area contributed by atoms with E-state index in [-0.39, 0.29) is 16.9 Å². The van der Waals surface area contributed by atoms with Crippen molar-refractivity contribution in [2.45, 2.75) is 0 Å². The third-order valence-corrected chi connectivity index (χ3v) is 2.53. The molecule has 0 fully saturated rings. The SMILES string of the molecule is O=c1[nH]cnc2c1nnn2-c1cccc([N+](=O)[O-])c1. The number of nitrogens with zero attached hydrogens (tertiary/aromatic N) is 5. The number of rotatable bonds is 2. The summed E-state index contributed by atoms with van der Waals surface area (Å²) in [6, 6.07) is 5.83. The molecule has 0 amide bonds. The monoisotopic (exact) mass is 258 g/mol. The Labute approximate surface area is 104 Å². The van der Waals surface area contributed by atoms with Gasteiger partial charge in [0.05, 0.1) is 16.9 Å². The Morgan fingerprint density at radius 2 is 2.21 bits per heavy atom. The van der Waals surface area contributed by atoms with Gasteiger partial charge in [-0.05, 0) is 6.07 Å². The van der Waals surface area contributed by atoms with Crippen LogP contribution in [0.15, 0.2) is 35.4 Å². The first-order chi connectivity index (χ1) is 9.16. The van der Waals surface area contributed by atoms with E-state index < -0.39 is 10.5 Å². The topological polar surface area (TPSA) is 120 Å². The number of fused-ring (bicyclic) bond motifs is 1. The molecule has 1 N–H and O–H groups in total. The molecule has 0 saturated heterocycles. The number of benzene rings is 1. The standard InChI is InChI=1S/C10H6N6O3/c17-10-8-9(11-5-12-10)15(14-13-8)6-2-1-3-7(4-6)16(18)19/h1-5H,(H,11,12,17). The molecule has 0 bridgehead atoms. The van der Waals surface area contributed by atoms with Crippen LogP contribution in [-0.4, -0.2) is 29.9 Å². The maximum absolute atomic E-state index is 11.5. The van der Waals surface area contributed by atoms with Crippen LogP contribution < -0.4 is 5.56 Å². The van der Waals surface area contributed by atoms with Gasteiger partial charge >= 0.3 is 0 Å². The van der Waals surface area contributed by atoms with E-state index in [0.717, 1.165) is 0 Å². The van der Waals surface area contributed by atoms with Gasteiger partial charge in [-0.3, -0.25) is 14.9 Å². The van der Waals surface area contributed by atoms with Crippen LogP contribution in [0.2, 0.25) is 0 Å². The van der Waals surface area contributed by atoms with Gasteiger partial charge in [-0.15, -0.1) is 5.10 Å². The predicted octanol–water partition coefficient (Wildman–Crippen LogP) is 0.412. The molecule has 0 atom stereocenters. The molecule has 0 aliphatic rings. The maximum Gasteiger partial charge on any atom is 0.280 e. The van der Waals surface area contributed by atoms with E-state index in [9.17, 15) is 14.9 Å². The Balaban J connectivity index is 2.25. The molecular formula is C10H6N6O3. The minimum atomic E-state index is -0.511. The molecule has 0 radical (unpaired) electrons. The highest BCUT2D eigenvalue weighted by Gasteiger charge is 2.13. The summed E-state index contributed by atoms with van der Waals surface area (Å²) >= 11 is 0. The van der Waals surface area contributed by atoms with Gasteiger partial charge in [-0.2, -0.15) is 4.68 Å². The van der Waals surface area contributed by atoms with Crippen molar-refractivity contribution < 1.29 is 4.92 Å². The average molecular weight is 258 g/mol. The molecular weight excluding hydrogens is 252 g/mol. The second-order valence-electron chi connectivity index (χ2n) is 3.68. The zero-order valence-corrected chi connectivity index (χ0v) is 9.35. The Morgan fingerprint density at radius 1 is 1.37 bits per heavy atom. The van der Waals surface area contributed by atoms with E-state index in [4.69, 9.17) is 0 Å². The second kappa shape index (κ2) is 3.98. The summed E-state index contributed by atoms with van der Waals surface area (Å²) in [5.74, 6) is 0. The van der Waals surface area contributed by atoms with E-state index in [1.165, 1.54) is 29.2 Å². The van der Waals surface area contributed by atoms with Crippen molar-refractivity contribution in [3.63, 3.8) is 0 Å². The number of nitro groups is 1. The second-order valence-corrected chi connectivity index (χ2v) is 3.68. The third kappa shape index (κ3) is 1.73. The number of nitro benzene ring substituents is 1. The van der Waals surface area contributed by atoms with Gasteiger partial charge in [-0.1, -0.05) is 11.3 Å². The summed E-state index contributed by atoms with van der Waals surface area (Å²) < 4.78 is 1.28. The first-order valence-electron chi connectivity index (χ1n) is 5.21. The fraction of sp³-hybridized carbons (Fsp3) is 0. The number of nitrogens with one attached hydrogen (secondary N) is 1. The van der Waals surface area contributed by atoms with E-state index >= 15 is 0 Å². The number of non-ortho nitro benzene ring substituents is 1. The molecule has 19 heavy (non-hydrogen) atoms. The van der Waals surface area contributed by atoms with Gasteiger partial charge in [0.2, 0.25) is 0 Å². The zero-order chi connectivity index (χ0) is 13.4. The van der Waals surface area contributed by atoms with Crippen molar-refractivity contribution in [1.29, 1.82) is 0 Å². The molecule has 3 aromatic rings. The summed E-state index contributed by atoms with van der Waals surface area (Å²) in [5.41, 5.74) is 0.237. The summed E-state index contributed by atoms with van der Waals surface area (Å²) in [7, 11) is 0. The van der Waals surface area contributed by atoms with Gasteiger partial charge in [0, 0.05) is 12.1 Å². The minimum Gasteiger partial charge on any atom is -0.311 e. The van der Waals surface area contributed by atoms with Crippen molar-refractivity contribution in [1.82, 2.24) is 25.0 Å². The van der Waals surface area contributed by atoms with Crippen LogP contribution in [0, 0.1) is 10.1 Å². The van der Waals surface area contributed by atoms with Crippen LogP contribution in [0.5, 0.6) is 0 Å². The smallest absolute Gasteiger partial charge is 0.280 e. The Hall–Kier alpha value is -3.10. The molecule has 9 nitrogen and oxygen atoms in total. The molecule has 0 unspecified atom stereocenters. The average Bonchev–Trinajstić information content (AvgIpc) is 2.84. The van der Waals surface area contributed by atoms with Crippen molar-refractivity contribution in [3.05, 3.63) is 51.1 Å². The van der Waals surface area contributed by atoms with Crippen LogP contribution in [0.4, 0.5) is 5.69 Å². The van der Waals surface area contributed by atoms with Crippen LogP contribution in [0.25, 0.3) is 16.9 Å². The molecule has 94 valence electrons.